The van der Waals surface area contributed by atoms with E-state index in [-0.39, 0.29) is 5.82 Å². The van der Waals surface area contributed by atoms with Crippen LogP contribution in [0.1, 0.15) is 18.4 Å². The largest absolute Gasteiger partial charge is 0.398 e. The van der Waals surface area contributed by atoms with E-state index in [0.29, 0.717) is 18.3 Å². The number of nitrogen functional groups attached to an aromatic ring is 1. The average Bonchev–Trinajstić information content (AvgIpc) is 2.70. The van der Waals surface area contributed by atoms with Crippen molar-refractivity contribution in [1.29, 1.82) is 0 Å². The normalized spacial score (nSPS) is 20.8. The summed E-state index contributed by atoms with van der Waals surface area (Å²) in [4.78, 5) is 4.61. The molecule has 0 amide bonds. The minimum absolute atomic E-state index is 0.217. The number of rotatable bonds is 4. The molecule has 0 aromatic heterocycles. The summed E-state index contributed by atoms with van der Waals surface area (Å²) in [5.41, 5.74) is 7.41. The molecular weight excluding hydrogens is 229 g/mol. The van der Waals surface area contributed by atoms with Gasteiger partial charge in [-0.25, -0.2) is 4.39 Å². The van der Waals surface area contributed by atoms with Crippen molar-refractivity contribution in [3.05, 3.63) is 29.6 Å². The number of anilines is 1. The summed E-state index contributed by atoms with van der Waals surface area (Å²) in [5, 5.41) is 0. The standard InChI is InChI=1S/C14H22FN3/c1-17(10-13-4-3-7-18(13)2)9-11-8-12(15)5-6-14(11)16/h5-6,8,13H,3-4,7,9-10,16H2,1-2H3. The Morgan fingerprint density at radius 1 is 1.50 bits per heavy atom. The average molecular weight is 251 g/mol. The Morgan fingerprint density at radius 3 is 2.94 bits per heavy atom. The fourth-order valence-corrected chi connectivity index (χ4v) is 2.64. The molecule has 2 N–H and O–H groups in total. The van der Waals surface area contributed by atoms with Crippen LogP contribution in [-0.4, -0.2) is 43.0 Å². The maximum Gasteiger partial charge on any atom is 0.123 e. The van der Waals surface area contributed by atoms with E-state index in [0.717, 1.165) is 12.1 Å². The first kappa shape index (κ1) is 13.3. The van der Waals surface area contributed by atoms with Crippen molar-refractivity contribution in [3.8, 4) is 0 Å². The zero-order valence-electron chi connectivity index (χ0n) is 11.2. The van der Waals surface area contributed by atoms with E-state index < -0.39 is 0 Å². The first-order chi connectivity index (χ1) is 8.56. The number of nitrogens with two attached hydrogens (primary N) is 1. The lowest BCUT2D eigenvalue weighted by molar-refractivity contribution is 0.215. The molecule has 0 spiro atoms. The van der Waals surface area contributed by atoms with Crippen LogP contribution < -0.4 is 5.73 Å². The maximum absolute atomic E-state index is 13.2. The van der Waals surface area contributed by atoms with E-state index in [9.17, 15) is 4.39 Å². The Morgan fingerprint density at radius 2 is 2.28 bits per heavy atom. The molecule has 100 valence electrons. The van der Waals surface area contributed by atoms with Crippen LogP contribution in [0.4, 0.5) is 10.1 Å². The number of benzene rings is 1. The molecule has 1 atom stereocenters. The fraction of sp³-hybridized carbons (Fsp3) is 0.571. The summed E-state index contributed by atoms with van der Waals surface area (Å²) in [5.74, 6) is -0.217. The van der Waals surface area contributed by atoms with Crippen LogP contribution in [0.15, 0.2) is 18.2 Å². The third-order valence-electron chi connectivity index (χ3n) is 3.74. The van der Waals surface area contributed by atoms with E-state index in [2.05, 4.69) is 23.9 Å². The van der Waals surface area contributed by atoms with Gasteiger partial charge in [-0.2, -0.15) is 0 Å². The molecule has 1 heterocycles. The van der Waals surface area contributed by atoms with Crippen LogP contribution in [0.5, 0.6) is 0 Å². The minimum atomic E-state index is -0.217. The Hall–Kier alpha value is -1.13. The second-order valence-electron chi connectivity index (χ2n) is 5.32. The summed E-state index contributed by atoms with van der Waals surface area (Å²) in [6.45, 7) is 2.89. The number of hydrogen-bond donors (Lipinski definition) is 1. The smallest absolute Gasteiger partial charge is 0.123 e. The SMILES string of the molecule is CN(Cc1cc(F)ccc1N)CC1CCCN1C. The van der Waals surface area contributed by atoms with Crippen LogP contribution in [0.2, 0.25) is 0 Å². The third-order valence-corrected chi connectivity index (χ3v) is 3.74. The fourth-order valence-electron chi connectivity index (χ4n) is 2.64. The van der Waals surface area contributed by atoms with Gasteiger partial charge in [-0.05, 0) is 57.2 Å². The predicted octanol–water partition coefficient (Wildman–Crippen LogP) is 1.93. The maximum atomic E-state index is 13.2. The highest BCUT2D eigenvalue weighted by Crippen LogP contribution is 2.18. The van der Waals surface area contributed by atoms with Gasteiger partial charge < -0.3 is 15.5 Å². The van der Waals surface area contributed by atoms with Gasteiger partial charge in [0.05, 0.1) is 0 Å². The monoisotopic (exact) mass is 251 g/mol. The minimum Gasteiger partial charge on any atom is -0.398 e. The van der Waals surface area contributed by atoms with Gasteiger partial charge in [-0.15, -0.1) is 0 Å². The Balaban J connectivity index is 1.94. The molecule has 0 bridgehead atoms. The summed E-state index contributed by atoms with van der Waals surface area (Å²) < 4.78 is 13.2. The van der Waals surface area contributed by atoms with Crippen molar-refractivity contribution in [2.24, 2.45) is 0 Å². The highest BCUT2D eigenvalue weighted by atomic mass is 19.1. The Bertz CT molecular complexity index is 408. The van der Waals surface area contributed by atoms with Crippen LogP contribution in [0, 0.1) is 5.82 Å². The number of likely N-dealkylation sites (N-methyl/N-ethyl adjacent to an activating group) is 2. The quantitative estimate of drug-likeness (QED) is 0.830. The lowest BCUT2D eigenvalue weighted by Gasteiger charge is -2.26. The first-order valence-electron chi connectivity index (χ1n) is 6.49. The second-order valence-corrected chi connectivity index (χ2v) is 5.32. The van der Waals surface area contributed by atoms with Crippen LogP contribution in [0.25, 0.3) is 0 Å². The van der Waals surface area contributed by atoms with Crippen molar-refractivity contribution in [2.45, 2.75) is 25.4 Å². The van der Waals surface area contributed by atoms with Crippen molar-refractivity contribution in [3.63, 3.8) is 0 Å². The Labute approximate surface area is 108 Å². The molecule has 1 unspecified atom stereocenters. The zero-order chi connectivity index (χ0) is 13.1. The predicted molar refractivity (Wildman–Crippen MR) is 72.8 cm³/mol. The van der Waals surface area contributed by atoms with Gasteiger partial charge in [0.2, 0.25) is 0 Å². The lowest BCUT2D eigenvalue weighted by Crippen LogP contribution is -2.36. The van der Waals surface area contributed by atoms with E-state index in [1.807, 2.05) is 0 Å². The molecule has 1 fully saturated rings. The van der Waals surface area contributed by atoms with Crippen molar-refractivity contribution < 1.29 is 4.39 Å². The molecule has 2 rings (SSSR count). The van der Waals surface area contributed by atoms with E-state index >= 15 is 0 Å². The van der Waals surface area contributed by atoms with Crippen molar-refractivity contribution in [2.75, 3.05) is 32.9 Å². The van der Waals surface area contributed by atoms with Crippen LogP contribution in [-0.2, 0) is 6.54 Å². The van der Waals surface area contributed by atoms with Crippen LogP contribution >= 0.6 is 0 Å². The summed E-state index contributed by atoms with van der Waals surface area (Å²) in [6, 6.07) is 5.19. The number of halogens is 1. The topological polar surface area (TPSA) is 32.5 Å². The molecule has 18 heavy (non-hydrogen) atoms. The Kier molecular flexibility index (Phi) is 4.19. The molecule has 4 heteroatoms. The molecule has 1 aromatic rings. The number of likely N-dealkylation sites (tertiary alicyclic amines) is 1. The summed E-state index contributed by atoms with van der Waals surface area (Å²) in [6.07, 6.45) is 2.52. The molecule has 0 radical (unpaired) electrons. The van der Waals surface area contributed by atoms with E-state index in [4.69, 9.17) is 5.73 Å². The highest BCUT2D eigenvalue weighted by Gasteiger charge is 2.22. The second kappa shape index (κ2) is 5.67. The summed E-state index contributed by atoms with van der Waals surface area (Å²) >= 11 is 0. The van der Waals surface area contributed by atoms with Gasteiger partial charge in [-0.1, -0.05) is 0 Å². The van der Waals surface area contributed by atoms with Gasteiger partial charge in [0.1, 0.15) is 5.82 Å². The van der Waals surface area contributed by atoms with Crippen molar-refractivity contribution in [1.82, 2.24) is 9.80 Å². The van der Waals surface area contributed by atoms with Gasteiger partial charge in [0.25, 0.3) is 0 Å². The third kappa shape index (κ3) is 3.21. The molecule has 0 aliphatic carbocycles. The van der Waals surface area contributed by atoms with Gasteiger partial charge in [0.15, 0.2) is 0 Å². The number of hydrogen-bond acceptors (Lipinski definition) is 3. The molecule has 1 saturated heterocycles. The van der Waals surface area contributed by atoms with Crippen molar-refractivity contribution >= 4 is 5.69 Å². The molecule has 1 aliphatic rings. The first-order valence-corrected chi connectivity index (χ1v) is 6.49. The highest BCUT2D eigenvalue weighted by molar-refractivity contribution is 5.46. The molecule has 3 nitrogen and oxygen atoms in total. The molecule has 0 saturated carbocycles. The van der Waals surface area contributed by atoms with Gasteiger partial charge in [0, 0.05) is 24.8 Å². The lowest BCUT2D eigenvalue weighted by atomic mass is 10.1. The molecule has 1 aromatic carbocycles. The summed E-state index contributed by atoms with van der Waals surface area (Å²) in [7, 11) is 4.23. The van der Waals surface area contributed by atoms with Gasteiger partial charge in [-0.3, -0.25) is 0 Å². The molecule has 1 aliphatic heterocycles. The van der Waals surface area contributed by atoms with Crippen LogP contribution in [0.3, 0.4) is 0 Å². The van der Waals surface area contributed by atoms with Gasteiger partial charge >= 0.3 is 0 Å². The molecular formula is C14H22FN3. The van der Waals surface area contributed by atoms with E-state index in [1.165, 1.54) is 31.5 Å². The van der Waals surface area contributed by atoms with E-state index in [1.54, 1.807) is 6.07 Å². The number of nitrogens with zero attached hydrogens (tertiary/aromatic N) is 2. The zero-order valence-corrected chi connectivity index (χ0v) is 11.2.